The Hall–Kier alpha value is -3.13. The number of nitrogens with one attached hydrogen (secondary N) is 1. The Labute approximate surface area is 139 Å². The number of allylic oxidation sites excluding steroid dienone is 2. The molecular weight excluding hydrogens is 300 g/mol. The van der Waals surface area contributed by atoms with E-state index in [4.69, 9.17) is 0 Å². The van der Waals surface area contributed by atoms with E-state index in [1.54, 1.807) is 18.5 Å². The third-order valence-electron chi connectivity index (χ3n) is 4.61. The number of hydrogen-bond donors (Lipinski definition) is 1. The quantitative estimate of drug-likeness (QED) is 0.843. The maximum absolute atomic E-state index is 12.8. The van der Waals surface area contributed by atoms with Gasteiger partial charge in [-0.2, -0.15) is 5.26 Å². The lowest BCUT2D eigenvalue weighted by Gasteiger charge is -2.13. The smallest absolute Gasteiger partial charge is 0.206 e. The van der Waals surface area contributed by atoms with Crippen LogP contribution in [0.3, 0.4) is 0 Å². The average Bonchev–Trinajstić information content (AvgIpc) is 2.78. The summed E-state index contributed by atoms with van der Waals surface area (Å²) in [5.41, 5.74) is 3.54. The van der Waals surface area contributed by atoms with Gasteiger partial charge in [-0.25, -0.2) is 0 Å². The van der Waals surface area contributed by atoms with Crippen molar-refractivity contribution in [3.8, 4) is 6.07 Å². The topological polar surface area (TPSA) is 70.7 Å². The maximum Gasteiger partial charge on any atom is 0.206 e. The molecule has 2 aromatic heterocycles. The van der Waals surface area contributed by atoms with E-state index in [-0.39, 0.29) is 11.4 Å². The molecule has 1 aliphatic carbocycles. The predicted molar refractivity (Wildman–Crippen MR) is 90.3 cm³/mol. The van der Waals surface area contributed by atoms with Crippen molar-refractivity contribution in [3.63, 3.8) is 0 Å². The van der Waals surface area contributed by atoms with Crippen molar-refractivity contribution in [1.29, 1.82) is 5.26 Å². The molecule has 0 atom stereocenters. The number of rotatable bonds is 1. The number of fused-ring (bicyclic) bond motifs is 3. The molecule has 3 heterocycles. The van der Waals surface area contributed by atoms with E-state index in [2.05, 4.69) is 14.9 Å². The van der Waals surface area contributed by atoms with E-state index < -0.39 is 0 Å². The van der Waals surface area contributed by atoms with Gasteiger partial charge in [-0.1, -0.05) is 6.07 Å². The first-order valence-electron chi connectivity index (χ1n) is 7.96. The van der Waals surface area contributed by atoms with Crippen LogP contribution in [-0.4, -0.2) is 21.9 Å². The zero-order chi connectivity index (χ0) is 16.7. The lowest BCUT2D eigenvalue weighted by atomic mass is 9.91. The highest BCUT2D eigenvalue weighted by Gasteiger charge is 2.27. The van der Waals surface area contributed by atoms with Crippen molar-refractivity contribution in [2.45, 2.75) is 19.9 Å². The summed E-state index contributed by atoms with van der Waals surface area (Å²) >= 11 is 0. The number of aromatic nitrogens is 2. The SMILES string of the molecule is Cc1c2c(n3c1=CNCCC3)=C(c1cccnc1)C=C(C#N)C2=O. The van der Waals surface area contributed by atoms with Crippen molar-refractivity contribution in [3.05, 3.63) is 63.6 Å². The molecule has 0 amide bonds. The summed E-state index contributed by atoms with van der Waals surface area (Å²) in [4.78, 5) is 17.0. The van der Waals surface area contributed by atoms with Gasteiger partial charge in [0.1, 0.15) is 11.6 Å². The first kappa shape index (κ1) is 14.5. The summed E-state index contributed by atoms with van der Waals surface area (Å²) in [6.45, 7) is 3.69. The molecule has 0 radical (unpaired) electrons. The van der Waals surface area contributed by atoms with E-state index in [0.29, 0.717) is 5.56 Å². The zero-order valence-electron chi connectivity index (χ0n) is 13.3. The normalized spacial score (nSPS) is 16.1. The van der Waals surface area contributed by atoms with Gasteiger partial charge in [-0.3, -0.25) is 9.78 Å². The second-order valence-corrected chi connectivity index (χ2v) is 5.99. The molecule has 2 aromatic rings. The summed E-state index contributed by atoms with van der Waals surface area (Å²) in [5.74, 6) is -0.188. The van der Waals surface area contributed by atoms with Crippen molar-refractivity contribution < 1.29 is 4.79 Å². The molecular formula is C19H16N4O. The van der Waals surface area contributed by atoms with Gasteiger partial charge in [0.05, 0.1) is 16.3 Å². The average molecular weight is 316 g/mol. The molecule has 2 aliphatic rings. The Morgan fingerprint density at radius 1 is 1.42 bits per heavy atom. The standard InChI is InChI=1S/C19H16N4O/c1-12-16-11-22-6-3-7-23(16)18-15(13-4-2-5-21-10-13)8-14(9-20)19(24)17(12)18/h2,4-5,8,10-11,22H,3,6-7H2,1H3. The molecule has 0 bridgehead atoms. The van der Waals surface area contributed by atoms with Crippen molar-refractivity contribution in [2.24, 2.45) is 0 Å². The van der Waals surface area contributed by atoms with Gasteiger partial charge in [-0.05, 0) is 31.1 Å². The van der Waals surface area contributed by atoms with Crippen LogP contribution < -0.4 is 16.0 Å². The molecule has 0 saturated carbocycles. The largest absolute Gasteiger partial charge is 0.389 e. The van der Waals surface area contributed by atoms with Crippen LogP contribution in [0.4, 0.5) is 0 Å². The molecule has 1 aliphatic heterocycles. The minimum atomic E-state index is -0.188. The van der Waals surface area contributed by atoms with Crippen molar-refractivity contribution in [1.82, 2.24) is 14.9 Å². The molecule has 0 saturated heterocycles. The van der Waals surface area contributed by atoms with Crippen LogP contribution in [0.5, 0.6) is 0 Å². The first-order valence-corrected chi connectivity index (χ1v) is 7.96. The highest BCUT2D eigenvalue weighted by molar-refractivity contribution is 6.16. The molecule has 4 rings (SSSR count). The van der Waals surface area contributed by atoms with Gasteiger partial charge >= 0.3 is 0 Å². The number of pyridine rings is 1. The van der Waals surface area contributed by atoms with Crippen LogP contribution in [0, 0.1) is 18.3 Å². The van der Waals surface area contributed by atoms with E-state index in [0.717, 1.165) is 46.9 Å². The lowest BCUT2D eigenvalue weighted by molar-refractivity contribution is 0.103. The van der Waals surface area contributed by atoms with Gasteiger partial charge in [0, 0.05) is 42.8 Å². The third kappa shape index (κ3) is 2.00. The van der Waals surface area contributed by atoms with Gasteiger partial charge in [0.25, 0.3) is 0 Å². The molecule has 0 spiro atoms. The molecule has 5 heteroatoms. The monoisotopic (exact) mass is 316 g/mol. The molecule has 1 N–H and O–H groups in total. The number of ketones is 1. The Kier molecular flexibility index (Phi) is 3.31. The molecule has 0 unspecified atom stereocenters. The lowest BCUT2D eigenvalue weighted by Crippen LogP contribution is -2.32. The number of nitrogens with zero attached hydrogens (tertiary/aromatic N) is 3. The van der Waals surface area contributed by atoms with Gasteiger partial charge in [-0.15, -0.1) is 0 Å². The maximum atomic E-state index is 12.8. The number of nitriles is 1. The van der Waals surface area contributed by atoms with Crippen LogP contribution in [0.25, 0.3) is 11.8 Å². The Morgan fingerprint density at radius 2 is 2.29 bits per heavy atom. The fraction of sp³-hybridized carbons (Fsp3) is 0.211. The molecule has 5 nitrogen and oxygen atoms in total. The molecule has 0 aromatic carbocycles. The Bertz CT molecular complexity index is 1040. The van der Waals surface area contributed by atoms with Crippen LogP contribution >= 0.6 is 0 Å². The van der Waals surface area contributed by atoms with E-state index in [1.165, 1.54) is 0 Å². The number of carbonyl (C=O) groups excluding carboxylic acids is 1. The number of hydrogen-bond acceptors (Lipinski definition) is 4. The minimum absolute atomic E-state index is 0.179. The van der Waals surface area contributed by atoms with E-state index in [1.807, 2.05) is 31.3 Å². The zero-order valence-corrected chi connectivity index (χ0v) is 13.3. The minimum Gasteiger partial charge on any atom is -0.389 e. The highest BCUT2D eigenvalue weighted by atomic mass is 16.1. The van der Waals surface area contributed by atoms with Crippen molar-refractivity contribution in [2.75, 3.05) is 6.54 Å². The number of Topliss-reactive ketones (excluding diaryl/α,β-unsaturated/α-hetero) is 1. The summed E-state index contributed by atoms with van der Waals surface area (Å²) < 4.78 is 2.19. The second-order valence-electron chi connectivity index (χ2n) is 5.99. The van der Waals surface area contributed by atoms with Gasteiger partial charge in [0.2, 0.25) is 5.78 Å². The van der Waals surface area contributed by atoms with E-state index >= 15 is 0 Å². The summed E-state index contributed by atoms with van der Waals surface area (Å²) in [7, 11) is 0. The molecule has 0 fully saturated rings. The highest BCUT2D eigenvalue weighted by Crippen LogP contribution is 2.21. The van der Waals surface area contributed by atoms with Crippen LogP contribution in [0.2, 0.25) is 0 Å². The second kappa shape index (κ2) is 5.50. The summed E-state index contributed by atoms with van der Waals surface area (Å²) in [6.07, 6.45) is 8.14. The van der Waals surface area contributed by atoms with Crippen molar-refractivity contribution >= 4 is 17.6 Å². The number of carbonyl (C=O) groups is 1. The molecule has 118 valence electrons. The fourth-order valence-corrected chi connectivity index (χ4v) is 3.49. The summed E-state index contributed by atoms with van der Waals surface area (Å²) in [6, 6.07) is 5.88. The van der Waals surface area contributed by atoms with Crippen LogP contribution in [-0.2, 0) is 6.54 Å². The predicted octanol–water partition coefficient (Wildman–Crippen LogP) is 0.768. The van der Waals surface area contributed by atoms with Gasteiger partial charge < -0.3 is 9.88 Å². The van der Waals surface area contributed by atoms with Crippen LogP contribution in [0.1, 0.15) is 27.9 Å². The fourth-order valence-electron chi connectivity index (χ4n) is 3.49. The molecule has 24 heavy (non-hydrogen) atoms. The first-order chi connectivity index (χ1) is 11.7. The van der Waals surface area contributed by atoms with Crippen LogP contribution in [0.15, 0.2) is 36.2 Å². The van der Waals surface area contributed by atoms with Gasteiger partial charge in [0.15, 0.2) is 0 Å². The Balaban J connectivity index is 2.19. The third-order valence-corrected chi connectivity index (χ3v) is 4.61. The van der Waals surface area contributed by atoms with E-state index in [9.17, 15) is 10.1 Å². The Morgan fingerprint density at radius 3 is 3.04 bits per heavy atom. The summed E-state index contributed by atoms with van der Waals surface area (Å²) in [5, 5.41) is 14.6.